The van der Waals surface area contributed by atoms with Gasteiger partial charge < -0.3 is 10.5 Å². The van der Waals surface area contributed by atoms with Gasteiger partial charge in [-0.15, -0.1) is 0 Å². The average Bonchev–Trinajstić information content (AvgIpc) is 2.20. The van der Waals surface area contributed by atoms with Gasteiger partial charge in [0.2, 0.25) is 0 Å². The van der Waals surface area contributed by atoms with Crippen molar-refractivity contribution in [1.82, 2.24) is 0 Å². The highest BCUT2D eigenvalue weighted by molar-refractivity contribution is 6.32. The number of hydrogen-bond acceptors (Lipinski definition) is 2. The van der Waals surface area contributed by atoms with Gasteiger partial charge in [-0.05, 0) is 31.0 Å². The standard InChI is InChI=1S/C10H13ClFNO/c1-14-10-7(3-2-6-13)4-5-8(12)9(10)11/h4-5H,2-3,6,13H2,1H3. The zero-order valence-electron chi connectivity index (χ0n) is 8.02. The molecule has 0 atom stereocenters. The first-order valence-electron chi connectivity index (χ1n) is 4.41. The Kier molecular flexibility index (Phi) is 4.17. The van der Waals surface area contributed by atoms with Crippen LogP contribution in [0.4, 0.5) is 4.39 Å². The molecule has 0 aliphatic rings. The van der Waals surface area contributed by atoms with E-state index in [0.29, 0.717) is 12.3 Å². The molecule has 0 aliphatic carbocycles. The topological polar surface area (TPSA) is 35.2 Å². The first-order valence-corrected chi connectivity index (χ1v) is 4.79. The molecule has 0 bridgehead atoms. The van der Waals surface area contributed by atoms with Crippen molar-refractivity contribution >= 4 is 11.6 Å². The summed E-state index contributed by atoms with van der Waals surface area (Å²) in [5, 5.41) is 0.0435. The van der Waals surface area contributed by atoms with E-state index < -0.39 is 5.82 Å². The predicted octanol–water partition coefficient (Wildman–Crippen LogP) is 2.38. The van der Waals surface area contributed by atoms with Crippen LogP contribution in [0.2, 0.25) is 5.02 Å². The van der Waals surface area contributed by atoms with E-state index in [-0.39, 0.29) is 5.02 Å². The van der Waals surface area contributed by atoms with Gasteiger partial charge in [0.1, 0.15) is 16.6 Å². The Balaban J connectivity index is 2.98. The van der Waals surface area contributed by atoms with E-state index in [1.807, 2.05) is 0 Å². The van der Waals surface area contributed by atoms with Crippen LogP contribution >= 0.6 is 11.6 Å². The molecule has 0 radical (unpaired) electrons. The van der Waals surface area contributed by atoms with Crippen LogP contribution in [-0.2, 0) is 6.42 Å². The van der Waals surface area contributed by atoms with Crippen molar-refractivity contribution in [2.45, 2.75) is 12.8 Å². The SMILES string of the molecule is COc1c(CCCN)ccc(F)c1Cl. The lowest BCUT2D eigenvalue weighted by Crippen LogP contribution is -2.02. The number of nitrogens with two attached hydrogens (primary N) is 1. The van der Waals surface area contributed by atoms with Gasteiger partial charge in [0.25, 0.3) is 0 Å². The summed E-state index contributed by atoms with van der Waals surface area (Å²) in [5.74, 6) is -0.0415. The van der Waals surface area contributed by atoms with Gasteiger partial charge in [0, 0.05) is 0 Å². The van der Waals surface area contributed by atoms with E-state index >= 15 is 0 Å². The second kappa shape index (κ2) is 5.17. The Hall–Kier alpha value is -0.800. The fourth-order valence-electron chi connectivity index (χ4n) is 1.28. The van der Waals surface area contributed by atoms with Crippen molar-refractivity contribution in [3.63, 3.8) is 0 Å². The Morgan fingerprint density at radius 1 is 1.50 bits per heavy atom. The summed E-state index contributed by atoms with van der Waals surface area (Å²) in [5.41, 5.74) is 6.28. The molecule has 0 saturated carbocycles. The van der Waals surface area contributed by atoms with E-state index in [1.165, 1.54) is 13.2 Å². The molecule has 14 heavy (non-hydrogen) atoms. The summed E-state index contributed by atoms with van der Waals surface area (Å²) in [6.07, 6.45) is 1.58. The molecule has 78 valence electrons. The molecule has 0 unspecified atom stereocenters. The molecule has 1 aromatic carbocycles. The van der Waals surface area contributed by atoms with E-state index in [2.05, 4.69) is 0 Å². The fourth-order valence-corrected chi connectivity index (χ4v) is 1.54. The Morgan fingerprint density at radius 2 is 2.21 bits per heavy atom. The van der Waals surface area contributed by atoms with Crippen molar-refractivity contribution in [2.75, 3.05) is 13.7 Å². The molecule has 0 saturated heterocycles. The Morgan fingerprint density at radius 3 is 2.79 bits per heavy atom. The zero-order chi connectivity index (χ0) is 10.6. The highest BCUT2D eigenvalue weighted by Gasteiger charge is 2.11. The van der Waals surface area contributed by atoms with Gasteiger partial charge in [-0.25, -0.2) is 4.39 Å². The molecule has 2 nitrogen and oxygen atoms in total. The van der Waals surface area contributed by atoms with Crippen LogP contribution < -0.4 is 10.5 Å². The summed E-state index contributed by atoms with van der Waals surface area (Å²) >= 11 is 5.75. The lowest BCUT2D eigenvalue weighted by molar-refractivity contribution is 0.406. The van der Waals surface area contributed by atoms with Crippen molar-refractivity contribution in [2.24, 2.45) is 5.73 Å². The van der Waals surface area contributed by atoms with E-state index in [0.717, 1.165) is 18.4 Å². The normalized spacial score (nSPS) is 10.3. The molecule has 1 aromatic rings. The molecule has 1 rings (SSSR count). The Bertz CT molecular complexity index is 317. The van der Waals surface area contributed by atoms with Crippen molar-refractivity contribution in [1.29, 1.82) is 0 Å². The van der Waals surface area contributed by atoms with Crippen LogP contribution in [0.5, 0.6) is 5.75 Å². The van der Waals surface area contributed by atoms with Gasteiger partial charge in [0.05, 0.1) is 7.11 Å². The lowest BCUT2D eigenvalue weighted by Gasteiger charge is -2.10. The van der Waals surface area contributed by atoms with Crippen LogP contribution in [0.1, 0.15) is 12.0 Å². The molecule has 0 fully saturated rings. The van der Waals surface area contributed by atoms with E-state index in [9.17, 15) is 4.39 Å². The first-order chi connectivity index (χ1) is 6.70. The number of halogens is 2. The fraction of sp³-hybridized carbons (Fsp3) is 0.400. The number of ether oxygens (including phenoxy) is 1. The summed E-state index contributed by atoms with van der Waals surface area (Å²) in [6, 6.07) is 3.02. The lowest BCUT2D eigenvalue weighted by atomic mass is 10.1. The minimum absolute atomic E-state index is 0.0435. The molecular weight excluding hydrogens is 205 g/mol. The molecule has 0 amide bonds. The minimum atomic E-state index is -0.458. The number of rotatable bonds is 4. The Labute approximate surface area is 87.8 Å². The summed E-state index contributed by atoms with van der Waals surface area (Å²) < 4.78 is 18.1. The maximum Gasteiger partial charge on any atom is 0.145 e. The molecule has 0 aliphatic heterocycles. The monoisotopic (exact) mass is 217 g/mol. The van der Waals surface area contributed by atoms with Gasteiger partial charge in [-0.3, -0.25) is 0 Å². The maximum absolute atomic E-state index is 13.0. The number of hydrogen-bond donors (Lipinski definition) is 1. The number of benzene rings is 1. The van der Waals surface area contributed by atoms with Gasteiger partial charge in [-0.1, -0.05) is 17.7 Å². The summed E-state index contributed by atoms with van der Waals surface area (Å²) in [7, 11) is 1.48. The molecule has 0 heterocycles. The highest BCUT2D eigenvalue weighted by Crippen LogP contribution is 2.31. The molecule has 4 heteroatoms. The molecule has 0 spiro atoms. The van der Waals surface area contributed by atoms with Crippen LogP contribution in [0.3, 0.4) is 0 Å². The second-order valence-corrected chi connectivity index (χ2v) is 3.32. The highest BCUT2D eigenvalue weighted by atomic mass is 35.5. The van der Waals surface area contributed by atoms with Crippen LogP contribution in [-0.4, -0.2) is 13.7 Å². The molecule has 2 N–H and O–H groups in total. The minimum Gasteiger partial charge on any atom is -0.495 e. The van der Waals surface area contributed by atoms with E-state index in [4.69, 9.17) is 22.1 Å². The average molecular weight is 218 g/mol. The molecular formula is C10H13ClFNO. The van der Waals surface area contributed by atoms with Gasteiger partial charge in [-0.2, -0.15) is 0 Å². The van der Waals surface area contributed by atoms with Gasteiger partial charge >= 0.3 is 0 Å². The third-order valence-corrected chi connectivity index (χ3v) is 2.34. The van der Waals surface area contributed by atoms with Crippen LogP contribution in [0.25, 0.3) is 0 Å². The predicted molar refractivity (Wildman–Crippen MR) is 55.3 cm³/mol. The smallest absolute Gasteiger partial charge is 0.145 e. The number of aryl methyl sites for hydroxylation is 1. The zero-order valence-corrected chi connectivity index (χ0v) is 8.77. The van der Waals surface area contributed by atoms with Crippen LogP contribution in [0.15, 0.2) is 12.1 Å². The van der Waals surface area contributed by atoms with Crippen LogP contribution in [0, 0.1) is 5.82 Å². The van der Waals surface area contributed by atoms with Crippen molar-refractivity contribution in [3.8, 4) is 5.75 Å². The molecule has 0 aromatic heterocycles. The first kappa shape index (κ1) is 11.3. The van der Waals surface area contributed by atoms with E-state index in [1.54, 1.807) is 6.07 Å². The third-order valence-electron chi connectivity index (χ3n) is 1.99. The third kappa shape index (κ3) is 2.36. The summed E-state index contributed by atoms with van der Waals surface area (Å²) in [6.45, 7) is 0.595. The quantitative estimate of drug-likeness (QED) is 0.841. The van der Waals surface area contributed by atoms with Crippen molar-refractivity contribution in [3.05, 3.63) is 28.5 Å². The van der Waals surface area contributed by atoms with Crippen molar-refractivity contribution < 1.29 is 9.13 Å². The largest absolute Gasteiger partial charge is 0.495 e. The van der Waals surface area contributed by atoms with Gasteiger partial charge in [0.15, 0.2) is 0 Å². The number of methoxy groups -OCH3 is 1. The maximum atomic E-state index is 13.0. The second-order valence-electron chi connectivity index (χ2n) is 2.95. The summed E-state index contributed by atoms with van der Waals surface area (Å²) in [4.78, 5) is 0.